The lowest BCUT2D eigenvalue weighted by molar-refractivity contribution is 0.188. The molecule has 0 bridgehead atoms. The van der Waals surface area contributed by atoms with Gasteiger partial charge in [-0.2, -0.15) is 0 Å². The molecule has 1 aromatic heterocycles. The Morgan fingerprint density at radius 2 is 1.95 bits per heavy atom. The van der Waals surface area contributed by atoms with Crippen molar-refractivity contribution in [2.45, 2.75) is 38.9 Å². The van der Waals surface area contributed by atoms with Crippen LogP contribution >= 0.6 is 0 Å². The Balaban J connectivity index is 1.44. The minimum absolute atomic E-state index is 0.614. The molecule has 3 heteroatoms. The van der Waals surface area contributed by atoms with Gasteiger partial charge in [0, 0.05) is 12.6 Å². The minimum Gasteiger partial charge on any atom is -0.468 e. The van der Waals surface area contributed by atoms with Crippen LogP contribution in [0.3, 0.4) is 0 Å². The van der Waals surface area contributed by atoms with Gasteiger partial charge in [-0.1, -0.05) is 24.3 Å². The highest BCUT2D eigenvalue weighted by molar-refractivity contribution is 5.25. The standard InChI is InChI=1S/C18H24N2O/c1-15-5-2-3-6-16(15)14-20-10-8-17(9-11-20)19-13-18-7-4-12-21-18/h2-7,12,17,19H,8-11,13-14H2,1H3. The van der Waals surface area contributed by atoms with Gasteiger partial charge in [0.1, 0.15) is 5.76 Å². The molecule has 0 aliphatic carbocycles. The summed E-state index contributed by atoms with van der Waals surface area (Å²) in [6, 6.07) is 13.3. The number of nitrogens with one attached hydrogen (secondary N) is 1. The highest BCUT2D eigenvalue weighted by atomic mass is 16.3. The van der Waals surface area contributed by atoms with Crippen LogP contribution in [0, 0.1) is 6.92 Å². The number of likely N-dealkylation sites (tertiary alicyclic amines) is 1. The van der Waals surface area contributed by atoms with Crippen molar-refractivity contribution in [2.24, 2.45) is 0 Å². The predicted octanol–water partition coefficient (Wildman–Crippen LogP) is 3.34. The summed E-state index contributed by atoms with van der Waals surface area (Å²) in [7, 11) is 0. The SMILES string of the molecule is Cc1ccccc1CN1CCC(NCc2ccco2)CC1. The molecule has 3 rings (SSSR count). The number of piperidine rings is 1. The number of hydrogen-bond donors (Lipinski definition) is 1. The number of furan rings is 1. The molecule has 1 aromatic carbocycles. The van der Waals surface area contributed by atoms with E-state index in [1.165, 1.54) is 37.1 Å². The summed E-state index contributed by atoms with van der Waals surface area (Å²) in [6.45, 7) is 6.47. The average molecular weight is 284 g/mol. The van der Waals surface area contributed by atoms with Crippen molar-refractivity contribution < 1.29 is 4.42 Å². The molecule has 0 unspecified atom stereocenters. The average Bonchev–Trinajstić information content (AvgIpc) is 3.02. The molecular weight excluding hydrogens is 260 g/mol. The maximum absolute atomic E-state index is 5.36. The highest BCUT2D eigenvalue weighted by Crippen LogP contribution is 2.16. The molecule has 0 spiro atoms. The molecule has 1 fully saturated rings. The first-order valence-electron chi connectivity index (χ1n) is 7.84. The maximum atomic E-state index is 5.36. The van der Waals surface area contributed by atoms with Gasteiger partial charge in [0.25, 0.3) is 0 Å². The number of aryl methyl sites for hydroxylation is 1. The summed E-state index contributed by atoms with van der Waals surface area (Å²) in [6.07, 6.45) is 4.17. The van der Waals surface area contributed by atoms with Crippen LogP contribution in [-0.4, -0.2) is 24.0 Å². The molecule has 112 valence electrons. The van der Waals surface area contributed by atoms with Gasteiger partial charge in [0.05, 0.1) is 12.8 Å². The zero-order valence-corrected chi connectivity index (χ0v) is 12.7. The quantitative estimate of drug-likeness (QED) is 0.913. The summed E-state index contributed by atoms with van der Waals surface area (Å²) in [4.78, 5) is 2.56. The van der Waals surface area contributed by atoms with E-state index >= 15 is 0 Å². The number of benzene rings is 1. The summed E-state index contributed by atoms with van der Waals surface area (Å²) in [5, 5.41) is 3.60. The largest absolute Gasteiger partial charge is 0.468 e. The minimum atomic E-state index is 0.614. The van der Waals surface area contributed by atoms with E-state index in [0.29, 0.717) is 6.04 Å². The van der Waals surface area contributed by atoms with Gasteiger partial charge in [-0.25, -0.2) is 0 Å². The van der Waals surface area contributed by atoms with Crippen LogP contribution in [-0.2, 0) is 13.1 Å². The van der Waals surface area contributed by atoms with Crippen LogP contribution in [0.15, 0.2) is 47.1 Å². The molecular formula is C18H24N2O. The first-order chi connectivity index (χ1) is 10.3. The fourth-order valence-electron chi connectivity index (χ4n) is 2.98. The molecule has 2 aromatic rings. The second kappa shape index (κ2) is 6.92. The second-order valence-electron chi connectivity index (χ2n) is 5.94. The monoisotopic (exact) mass is 284 g/mol. The molecule has 3 nitrogen and oxygen atoms in total. The van der Waals surface area contributed by atoms with Crippen LogP contribution < -0.4 is 5.32 Å². The Kier molecular flexibility index (Phi) is 4.73. The van der Waals surface area contributed by atoms with E-state index in [-0.39, 0.29) is 0 Å². The Bertz CT molecular complexity index is 542. The lowest BCUT2D eigenvalue weighted by atomic mass is 10.0. The van der Waals surface area contributed by atoms with Crippen molar-refractivity contribution in [3.05, 3.63) is 59.5 Å². The molecule has 0 amide bonds. The highest BCUT2D eigenvalue weighted by Gasteiger charge is 2.19. The third kappa shape index (κ3) is 3.96. The summed E-state index contributed by atoms with van der Waals surface area (Å²) >= 11 is 0. The van der Waals surface area contributed by atoms with Crippen molar-refractivity contribution >= 4 is 0 Å². The zero-order valence-electron chi connectivity index (χ0n) is 12.7. The van der Waals surface area contributed by atoms with Gasteiger partial charge >= 0.3 is 0 Å². The number of rotatable bonds is 5. The summed E-state index contributed by atoms with van der Waals surface area (Å²) < 4.78 is 5.36. The van der Waals surface area contributed by atoms with Crippen molar-refractivity contribution in [2.75, 3.05) is 13.1 Å². The van der Waals surface area contributed by atoms with Crippen LogP contribution in [0.1, 0.15) is 29.7 Å². The molecule has 0 saturated carbocycles. The predicted molar refractivity (Wildman–Crippen MR) is 85.0 cm³/mol. The molecule has 2 heterocycles. The van der Waals surface area contributed by atoms with Crippen molar-refractivity contribution in [1.82, 2.24) is 10.2 Å². The lowest BCUT2D eigenvalue weighted by Crippen LogP contribution is -2.41. The first-order valence-corrected chi connectivity index (χ1v) is 7.84. The second-order valence-corrected chi connectivity index (χ2v) is 5.94. The molecule has 0 radical (unpaired) electrons. The molecule has 1 aliphatic rings. The van der Waals surface area contributed by atoms with Gasteiger partial charge in [-0.05, 0) is 56.1 Å². The normalized spacial score (nSPS) is 17.2. The zero-order chi connectivity index (χ0) is 14.5. The van der Waals surface area contributed by atoms with Crippen molar-refractivity contribution in [1.29, 1.82) is 0 Å². The van der Waals surface area contributed by atoms with Crippen LogP contribution in [0.4, 0.5) is 0 Å². The topological polar surface area (TPSA) is 28.4 Å². The van der Waals surface area contributed by atoms with Gasteiger partial charge in [-0.15, -0.1) is 0 Å². The maximum Gasteiger partial charge on any atom is 0.117 e. The van der Waals surface area contributed by atoms with Gasteiger partial charge in [-0.3, -0.25) is 4.90 Å². The lowest BCUT2D eigenvalue weighted by Gasteiger charge is -2.32. The van der Waals surface area contributed by atoms with E-state index in [0.717, 1.165) is 18.8 Å². The molecule has 21 heavy (non-hydrogen) atoms. The third-order valence-electron chi connectivity index (χ3n) is 4.39. The Hall–Kier alpha value is -1.58. The Morgan fingerprint density at radius 1 is 1.14 bits per heavy atom. The fraction of sp³-hybridized carbons (Fsp3) is 0.444. The van der Waals surface area contributed by atoms with E-state index in [1.807, 2.05) is 12.1 Å². The van der Waals surface area contributed by atoms with E-state index in [1.54, 1.807) is 6.26 Å². The van der Waals surface area contributed by atoms with E-state index in [4.69, 9.17) is 4.42 Å². The third-order valence-corrected chi connectivity index (χ3v) is 4.39. The molecule has 0 atom stereocenters. The van der Waals surface area contributed by atoms with E-state index in [9.17, 15) is 0 Å². The smallest absolute Gasteiger partial charge is 0.117 e. The first kappa shape index (κ1) is 14.4. The Morgan fingerprint density at radius 3 is 2.67 bits per heavy atom. The Labute approximate surface area is 127 Å². The van der Waals surface area contributed by atoms with E-state index in [2.05, 4.69) is 41.4 Å². The van der Waals surface area contributed by atoms with Crippen LogP contribution in [0.5, 0.6) is 0 Å². The van der Waals surface area contributed by atoms with Crippen molar-refractivity contribution in [3.63, 3.8) is 0 Å². The van der Waals surface area contributed by atoms with Crippen LogP contribution in [0.2, 0.25) is 0 Å². The van der Waals surface area contributed by atoms with Gasteiger partial charge < -0.3 is 9.73 Å². The van der Waals surface area contributed by atoms with Crippen LogP contribution in [0.25, 0.3) is 0 Å². The summed E-state index contributed by atoms with van der Waals surface area (Å²) in [5.74, 6) is 1.03. The number of nitrogens with zero attached hydrogens (tertiary/aromatic N) is 1. The fourth-order valence-corrected chi connectivity index (χ4v) is 2.98. The van der Waals surface area contributed by atoms with Crippen molar-refractivity contribution in [3.8, 4) is 0 Å². The molecule has 1 N–H and O–H groups in total. The molecule has 1 aliphatic heterocycles. The molecule has 1 saturated heterocycles. The van der Waals surface area contributed by atoms with Gasteiger partial charge in [0.2, 0.25) is 0 Å². The van der Waals surface area contributed by atoms with E-state index < -0.39 is 0 Å². The number of hydrogen-bond acceptors (Lipinski definition) is 3. The summed E-state index contributed by atoms with van der Waals surface area (Å²) in [5.41, 5.74) is 2.86. The van der Waals surface area contributed by atoms with Gasteiger partial charge in [0.15, 0.2) is 0 Å².